The lowest BCUT2D eigenvalue weighted by Crippen LogP contribution is -2.35. The Bertz CT molecular complexity index is 587. The molecule has 2 rings (SSSR count). The third-order valence-corrected chi connectivity index (χ3v) is 3.84. The Kier molecular flexibility index (Phi) is 4.40. The molecule has 0 saturated heterocycles. The molecule has 0 aliphatic carbocycles. The van der Waals surface area contributed by atoms with Gasteiger partial charge in [-0.3, -0.25) is 9.69 Å². The molecule has 1 aromatic carbocycles. The second-order valence-electron chi connectivity index (χ2n) is 5.39. The fourth-order valence-electron chi connectivity index (χ4n) is 2.14. The molecule has 0 N–H and O–H groups in total. The van der Waals surface area contributed by atoms with Gasteiger partial charge >= 0.3 is 0 Å². The van der Waals surface area contributed by atoms with Crippen molar-refractivity contribution in [3.8, 4) is 0 Å². The minimum absolute atomic E-state index is 0.152. The molecule has 0 aliphatic heterocycles. The van der Waals surface area contributed by atoms with E-state index >= 15 is 0 Å². The third-order valence-electron chi connectivity index (χ3n) is 3.84. The second kappa shape index (κ2) is 6.06. The van der Waals surface area contributed by atoms with E-state index in [9.17, 15) is 4.79 Å². The number of hydrogen-bond donors (Lipinski definition) is 0. The van der Waals surface area contributed by atoms with Crippen molar-refractivity contribution in [3.05, 3.63) is 59.0 Å². The van der Waals surface area contributed by atoms with Crippen LogP contribution in [0.3, 0.4) is 0 Å². The van der Waals surface area contributed by atoms with Crippen molar-refractivity contribution in [2.24, 2.45) is 0 Å². The topological polar surface area (TPSA) is 33.5 Å². The van der Waals surface area contributed by atoms with Crippen LogP contribution < -0.4 is 0 Å². The number of rotatable bonds is 5. The number of benzene rings is 1. The van der Waals surface area contributed by atoms with Crippen LogP contribution in [0.15, 0.2) is 41.2 Å². The van der Waals surface area contributed by atoms with E-state index in [4.69, 9.17) is 4.42 Å². The summed E-state index contributed by atoms with van der Waals surface area (Å²) in [7, 11) is 1.95. The summed E-state index contributed by atoms with van der Waals surface area (Å²) in [6.45, 7) is 6.73. The first-order valence-corrected chi connectivity index (χ1v) is 6.82. The summed E-state index contributed by atoms with van der Waals surface area (Å²) >= 11 is 0. The minimum Gasteiger partial charge on any atom is -0.472 e. The number of furan rings is 1. The van der Waals surface area contributed by atoms with Gasteiger partial charge in [-0.2, -0.15) is 0 Å². The summed E-state index contributed by atoms with van der Waals surface area (Å²) in [5.74, 6) is 0.152. The number of ketones is 1. The predicted molar refractivity (Wildman–Crippen MR) is 79.9 cm³/mol. The Labute approximate surface area is 120 Å². The van der Waals surface area contributed by atoms with Crippen molar-refractivity contribution in [2.45, 2.75) is 33.4 Å². The second-order valence-corrected chi connectivity index (χ2v) is 5.39. The SMILES string of the molecule is Cc1ccc(C(=O)C(C)N(C)Cc2ccoc2)cc1C. The molecule has 0 spiro atoms. The summed E-state index contributed by atoms with van der Waals surface area (Å²) in [5.41, 5.74) is 4.22. The van der Waals surface area contributed by atoms with Gasteiger partial charge in [-0.15, -0.1) is 0 Å². The molecule has 0 amide bonds. The maximum atomic E-state index is 12.5. The van der Waals surface area contributed by atoms with Gasteiger partial charge in [0.05, 0.1) is 18.6 Å². The fraction of sp³-hybridized carbons (Fsp3) is 0.353. The molecule has 0 aliphatic rings. The van der Waals surface area contributed by atoms with Gasteiger partial charge < -0.3 is 4.42 Å². The molecular weight excluding hydrogens is 250 g/mol. The maximum Gasteiger partial charge on any atom is 0.179 e. The highest BCUT2D eigenvalue weighted by atomic mass is 16.3. The van der Waals surface area contributed by atoms with Crippen LogP contribution >= 0.6 is 0 Å². The summed E-state index contributed by atoms with van der Waals surface area (Å²) in [5, 5.41) is 0. The normalized spacial score (nSPS) is 12.7. The molecule has 1 heterocycles. The van der Waals surface area contributed by atoms with Gasteiger partial charge in [0, 0.05) is 17.7 Å². The Hall–Kier alpha value is -1.87. The maximum absolute atomic E-state index is 12.5. The zero-order valence-electron chi connectivity index (χ0n) is 12.5. The Morgan fingerprint density at radius 1 is 1.25 bits per heavy atom. The number of likely N-dealkylation sites (N-methyl/N-ethyl adjacent to an activating group) is 1. The lowest BCUT2D eigenvalue weighted by molar-refractivity contribution is 0.0862. The van der Waals surface area contributed by atoms with Crippen molar-refractivity contribution in [2.75, 3.05) is 7.05 Å². The first-order valence-electron chi connectivity index (χ1n) is 6.82. The van der Waals surface area contributed by atoms with Crippen LogP contribution in [0.1, 0.15) is 34.0 Å². The van der Waals surface area contributed by atoms with E-state index in [1.807, 2.05) is 50.1 Å². The van der Waals surface area contributed by atoms with Gasteiger partial charge in [0.1, 0.15) is 0 Å². The van der Waals surface area contributed by atoms with Crippen LogP contribution in [-0.2, 0) is 6.54 Å². The number of carbonyl (C=O) groups is 1. The molecule has 1 aromatic heterocycles. The molecular formula is C17H21NO2. The first kappa shape index (κ1) is 14.5. The van der Waals surface area contributed by atoms with Crippen molar-refractivity contribution in [1.29, 1.82) is 0 Å². The molecule has 1 unspecified atom stereocenters. The number of hydrogen-bond acceptors (Lipinski definition) is 3. The number of carbonyl (C=O) groups excluding carboxylic acids is 1. The lowest BCUT2D eigenvalue weighted by Gasteiger charge is -2.23. The van der Waals surface area contributed by atoms with Crippen LogP contribution in [0, 0.1) is 13.8 Å². The zero-order valence-corrected chi connectivity index (χ0v) is 12.5. The van der Waals surface area contributed by atoms with Gasteiger partial charge in [0.2, 0.25) is 0 Å². The molecule has 0 saturated carbocycles. The monoisotopic (exact) mass is 271 g/mol. The summed E-state index contributed by atoms with van der Waals surface area (Å²) < 4.78 is 5.06. The Morgan fingerprint density at radius 3 is 2.60 bits per heavy atom. The molecule has 3 nitrogen and oxygen atoms in total. The highest BCUT2D eigenvalue weighted by molar-refractivity contribution is 6.00. The Balaban J connectivity index is 2.09. The average molecular weight is 271 g/mol. The van der Waals surface area contributed by atoms with E-state index in [0.29, 0.717) is 6.54 Å². The molecule has 3 heteroatoms. The fourth-order valence-corrected chi connectivity index (χ4v) is 2.14. The average Bonchev–Trinajstić information content (AvgIpc) is 2.93. The van der Waals surface area contributed by atoms with E-state index < -0.39 is 0 Å². The smallest absolute Gasteiger partial charge is 0.179 e. The minimum atomic E-state index is -0.160. The van der Waals surface area contributed by atoms with Gasteiger partial charge in [0.25, 0.3) is 0 Å². The van der Waals surface area contributed by atoms with Crippen LogP contribution in [0.4, 0.5) is 0 Å². The van der Waals surface area contributed by atoms with Crippen molar-refractivity contribution in [1.82, 2.24) is 4.90 Å². The van der Waals surface area contributed by atoms with Gasteiger partial charge in [0.15, 0.2) is 5.78 Å². The summed E-state index contributed by atoms with van der Waals surface area (Å²) in [6.07, 6.45) is 3.36. The van der Waals surface area contributed by atoms with Crippen LogP contribution in [0.5, 0.6) is 0 Å². The van der Waals surface area contributed by atoms with E-state index in [1.54, 1.807) is 12.5 Å². The zero-order chi connectivity index (χ0) is 14.7. The van der Waals surface area contributed by atoms with Gasteiger partial charge in [-0.25, -0.2) is 0 Å². The molecule has 0 bridgehead atoms. The molecule has 20 heavy (non-hydrogen) atoms. The van der Waals surface area contributed by atoms with E-state index in [2.05, 4.69) is 6.92 Å². The highest BCUT2D eigenvalue weighted by Gasteiger charge is 2.20. The van der Waals surface area contributed by atoms with E-state index in [1.165, 1.54) is 5.56 Å². The Morgan fingerprint density at radius 2 is 2.00 bits per heavy atom. The highest BCUT2D eigenvalue weighted by Crippen LogP contribution is 2.15. The molecule has 2 aromatic rings. The number of aryl methyl sites for hydroxylation is 2. The summed E-state index contributed by atoms with van der Waals surface area (Å²) in [6, 6.07) is 7.65. The molecule has 0 fully saturated rings. The third kappa shape index (κ3) is 3.17. The van der Waals surface area contributed by atoms with Crippen molar-refractivity contribution >= 4 is 5.78 Å². The van der Waals surface area contributed by atoms with Crippen molar-refractivity contribution in [3.63, 3.8) is 0 Å². The van der Waals surface area contributed by atoms with E-state index in [0.717, 1.165) is 16.7 Å². The summed E-state index contributed by atoms with van der Waals surface area (Å²) in [4.78, 5) is 14.5. The molecule has 1 atom stereocenters. The van der Waals surface area contributed by atoms with Crippen LogP contribution in [-0.4, -0.2) is 23.8 Å². The standard InChI is InChI=1S/C17H21NO2/c1-12-5-6-16(9-13(12)2)17(19)14(3)18(4)10-15-7-8-20-11-15/h5-9,11,14H,10H2,1-4H3. The largest absolute Gasteiger partial charge is 0.472 e. The lowest BCUT2D eigenvalue weighted by atomic mass is 9.99. The van der Waals surface area contributed by atoms with Gasteiger partial charge in [-0.05, 0) is 51.1 Å². The quantitative estimate of drug-likeness (QED) is 0.779. The molecule has 0 radical (unpaired) electrons. The van der Waals surface area contributed by atoms with Crippen LogP contribution in [0.2, 0.25) is 0 Å². The van der Waals surface area contributed by atoms with Gasteiger partial charge in [-0.1, -0.05) is 12.1 Å². The molecule has 106 valence electrons. The predicted octanol–water partition coefficient (Wildman–Crippen LogP) is 3.60. The first-order chi connectivity index (χ1) is 9.49. The number of nitrogens with zero attached hydrogens (tertiary/aromatic N) is 1. The number of Topliss-reactive ketones (excluding diaryl/α,β-unsaturated/α-hetero) is 1. The van der Waals surface area contributed by atoms with Crippen molar-refractivity contribution < 1.29 is 9.21 Å². The van der Waals surface area contributed by atoms with Crippen LogP contribution in [0.25, 0.3) is 0 Å². The van der Waals surface area contributed by atoms with E-state index in [-0.39, 0.29) is 11.8 Å².